The number of benzene rings is 2. The van der Waals surface area contributed by atoms with Gasteiger partial charge in [-0.2, -0.15) is 0 Å². The van der Waals surface area contributed by atoms with Gasteiger partial charge in [0.1, 0.15) is 5.58 Å². The first-order valence-corrected chi connectivity index (χ1v) is 8.36. The van der Waals surface area contributed by atoms with Crippen LogP contribution in [0.1, 0.15) is 13.8 Å². The Labute approximate surface area is 144 Å². The quantitative estimate of drug-likeness (QED) is 0.542. The van der Waals surface area contributed by atoms with Crippen molar-refractivity contribution in [1.29, 1.82) is 0 Å². The van der Waals surface area contributed by atoms with Crippen molar-refractivity contribution in [3.8, 4) is 17.1 Å². The molecule has 0 aliphatic rings. The van der Waals surface area contributed by atoms with Crippen molar-refractivity contribution in [3.05, 3.63) is 61.6 Å². The average Bonchev–Trinajstić information content (AvgIpc) is 2.54. The molecule has 0 aliphatic carbocycles. The maximum atomic E-state index is 12.2. The molecule has 3 aromatic rings. The lowest BCUT2D eigenvalue weighted by atomic mass is 10.1. The van der Waals surface area contributed by atoms with Crippen molar-refractivity contribution >= 4 is 42.8 Å². The molecule has 0 spiro atoms. The monoisotopic (exact) mass is 424 g/mol. The van der Waals surface area contributed by atoms with Crippen LogP contribution in [0.2, 0.25) is 0 Å². The van der Waals surface area contributed by atoms with E-state index in [4.69, 9.17) is 4.42 Å². The van der Waals surface area contributed by atoms with Gasteiger partial charge in [0.15, 0.2) is 5.76 Å². The van der Waals surface area contributed by atoms with Crippen LogP contribution in [0.25, 0.3) is 22.3 Å². The van der Waals surface area contributed by atoms with Crippen LogP contribution in [0.3, 0.4) is 0 Å². The molecule has 1 aromatic heterocycles. The topological polar surface area (TPSA) is 50.4 Å². The summed E-state index contributed by atoms with van der Waals surface area (Å²) in [6.07, 6.45) is 0. The van der Waals surface area contributed by atoms with Crippen LogP contribution in [-0.4, -0.2) is 5.11 Å². The lowest BCUT2D eigenvalue weighted by Crippen LogP contribution is -2.02. The Hall–Kier alpha value is -1.59. The fraction of sp³-hybridized carbons (Fsp3) is 0.118. The van der Waals surface area contributed by atoms with Crippen molar-refractivity contribution in [3.63, 3.8) is 0 Å². The molecule has 0 amide bonds. The molecule has 0 fully saturated rings. The Kier molecular flexibility index (Phi) is 5.42. The second kappa shape index (κ2) is 7.11. The molecule has 0 saturated heterocycles. The highest BCUT2D eigenvalue weighted by molar-refractivity contribution is 9.10. The molecular weight excluding hydrogens is 412 g/mol. The molecule has 0 saturated carbocycles. The smallest absolute Gasteiger partial charge is 0.235 e. The van der Waals surface area contributed by atoms with E-state index in [1.807, 2.05) is 26.0 Å². The van der Waals surface area contributed by atoms with Gasteiger partial charge in [0.25, 0.3) is 0 Å². The summed E-state index contributed by atoms with van der Waals surface area (Å²) in [5.41, 5.74) is 0.645. The van der Waals surface area contributed by atoms with E-state index in [1.54, 1.807) is 30.3 Å². The molecule has 5 heteroatoms. The highest BCUT2D eigenvalue weighted by Gasteiger charge is 2.15. The second-order valence-electron chi connectivity index (χ2n) is 4.26. The Balaban J connectivity index is 0.000000847. The fourth-order valence-corrected chi connectivity index (χ4v) is 2.58. The number of hydrogen-bond donors (Lipinski definition) is 1. The number of aromatic hydroxyl groups is 1. The van der Waals surface area contributed by atoms with E-state index in [0.717, 1.165) is 8.95 Å². The second-order valence-corrected chi connectivity index (χ2v) is 6.09. The van der Waals surface area contributed by atoms with E-state index in [2.05, 4.69) is 31.9 Å². The maximum Gasteiger partial charge on any atom is 0.235 e. The van der Waals surface area contributed by atoms with Gasteiger partial charge >= 0.3 is 0 Å². The summed E-state index contributed by atoms with van der Waals surface area (Å²) in [7, 11) is 0. The zero-order chi connectivity index (χ0) is 16.3. The van der Waals surface area contributed by atoms with Gasteiger partial charge in [0, 0.05) is 14.5 Å². The van der Waals surface area contributed by atoms with Gasteiger partial charge in [-0.25, -0.2) is 0 Å². The van der Waals surface area contributed by atoms with E-state index in [9.17, 15) is 9.90 Å². The Morgan fingerprint density at radius 1 is 0.955 bits per heavy atom. The van der Waals surface area contributed by atoms with Gasteiger partial charge in [-0.1, -0.05) is 45.7 Å². The Morgan fingerprint density at radius 3 is 2.18 bits per heavy atom. The largest absolute Gasteiger partial charge is 0.502 e. The van der Waals surface area contributed by atoms with E-state index in [-0.39, 0.29) is 11.5 Å². The first kappa shape index (κ1) is 16.8. The summed E-state index contributed by atoms with van der Waals surface area (Å²) < 4.78 is 7.34. The predicted octanol–water partition coefficient (Wildman–Crippen LogP) is 5.72. The minimum Gasteiger partial charge on any atom is -0.502 e. The van der Waals surface area contributed by atoms with E-state index in [0.29, 0.717) is 16.5 Å². The van der Waals surface area contributed by atoms with Crippen LogP contribution in [0, 0.1) is 0 Å². The normalized spacial score (nSPS) is 10.2. The summed E-state index contributed by atoms with van der Waals surface area (Å²) in [6, 6.07) is 12.3. The van der Waals surface area contributed by atoms with E-state index >= 15 is 0 Å². The first-order valence-electron chi connectivity index (χ1n) is 6.77. The predicted molar refractivity (Wildman–Crippen MR) is 96.3 cm³/mol. The summed E-state index contributed by atoms with van der Waals surface area (Å²) in [4.78, 5) is 12.2. The molecule has 0 aliphatic heterocycles. The lowest BCUT2D eigenvalue weighted by Gasteiger charge is -2.06. The molecule has 1 heterocycles. The highest BCUT2D eigenvalue weighted by Crippen LogP contribution is 2.31. The van der Waals surface area contributed by atoms with E-state index < -0.39 is 5.43 Å². The molecule has 3 nitrogen and oxygen atoms in total. The summed E-state index contributed by atoms with van der Waals surface area (Å²) >= 11 is 6.63. The van der Waals surface area contributed by atoms with Crippen molar-refractivity contribution in [2.75, 3.05) is 0 Å². The van der Waals surface area contributed by atoms with Crippen LogP contribution in [0.4, 0.5) is 0 Å². The third kappa shape index (κ3) is 3.25. The van der Waals surface area contributed by atoms with Crippen LogP contribution in [0.5, 0.6) is 5.75 Å². The van der Waals surface area contributed by atoms with Crippen molar-refractivity contribution < 1.29 is 9.52 Å². The van der Waals surface area contributed by atoms with E-state index in [1.165, 1.54) is 0 Å². The number of fused-ring (bicyclic) bond motifs is 1. The molecule has 2 aromatic carbocycles. The van der Waals surface area contributed by atoms with Gasteiger partial charge in [0.2, 0.25) is 11.2 Å². The van der Waals surface area contributed by atoms with Crippen molar-refractivity contribution in [2.24, 2.45) is 0 Å². The fourth-order valence-electron chi connectivity index (χ4n) is 1.95. The number of hydrogen-bond acceptors (Lipinski definition) is 3. The zero-order valence-corrected chi connectivity index (χ0v) is 15.2. The molecule has 1 N–H and O–H groups in total. The zero-order valence-electron chi connectivity index (χ0n) is 12.1. The highest BCUT2D eigenvalue weighted by atomic mass is 79.9. The van der Waals surface area contributed by atoms with Gasteiger partial charge in [-0.15, -0.1) is 0 Å². The van der Waals surface area contributed by atoms with Gasteiger partial charge < -0.3 is 9.52 Å². The van der Waals surface area contributed by atoms with Gasteiger partial charge in [0.05, 0.1) is 5.39 Å². The number of rotatable bonds is 1. The lowest BCUT2D eigenvalue weighted by molar-refractivity contribution is 0.449. The maximum absolute atomic E-state index is 12.2. The van der Waals surface area contributed by atoms with Crippen molar-refractivity contribution in [1.82, 2.24) is 0 Å². The Morgan fingerprint density at radius 2 is 1.55 bits per heavy atom. The third-order valence-electron chi connectivity index (χ3n) is 2.93. The molecule has 0 radical (unpaired) electrons. The number of halogens is 2. The summed E-state index contributed by atoms with van der Waals surface area (Å²) in [5.74, 6) is -0.199. The molecule has 0 atom stereocenters. The molecule has 114 valence electrons. The average molecular weight is 426 g/mol. The molecule has 22 heavy (non-hydrogen) atoms. The minimum absolute atomic E-state index is 0.178. The van der Waals surface area contributed by atoms with Gasteiger partial charge in [-0.3, -0.25) is 4.79 Å². The van der Waals surface area contributed by atoms with Crippen LogP contribution >= 0.6 is 31.9 Å². The van der Waals surface area contributed by atoms with Crippen molar-refractivity contribution in [2.45, 2.75) is 13.8 Å². The minimum atomic E-state index is -0.439. The van der Waals surface area contributed by atoms with Crippen LogP contribution in [0.15, 0.2) is 60.6 Å². The summed E-state index contributed by atoms with van der Waals surface area (Å²) in [6.45, 7) is 4.00. The standard InChI is InChI=1S/C15H8Br2O3.C2H6/c16-9-3-1-8(2-4-9)15-14(19)13(18)11-7-10(17)5-6-12(11)20-15;1-2/h1-7,19H;1-2H3. The SMILES string of the molecule is CC.O=c1c(O)c(-c2ccc(Br)cc2)oc2ccc(Br)cc12. The molecular formula is C17H14Br2O3. The molecule has 3 rings (SSSR count). The summed E-state index contributed by atoms with van der Waals surface area (Å²) in [5, 5.41) is 10.4. The molecule has 0 unspecified atom stereocenters. The first-order chi connectivity index (χ1) is 10.6. The van der Waals surface area contributed by atoms with Crippen LogP contribution in [-0.2, 0) is 0 Å². The van der Waals surface area contributed by atoms with Crippen LogP contribution < -0.4 is 5.43 Å². The molecule has 0 bridgehead atoms. The Bertz CT molecular complexity index is 852. The third-order valence-corrected chi connectivity index (χ3v) is 3.96. The van der Waals surface area contributed by atoms with Gasteiger partial charge in [-0.05, 0) is 42.5 Å².